The Bertz CT molecular complexity index is 898. The molecule has 0 bridgehead atoms. The standard InChI is InChI=1S/C23H25N3/c1-4-21-22(13-14-25-23(21)24)19-11-9-18(10-12-19)15-26(3)16-20-8-6-5-7-17(20)2/h4-14H,1,15-16H2,2-3H3,(H2,24,25). The highest BCUT2D eigenvalue weighted by atomic mass is 15.1. The topological polar surface area (TPSA) is 42.2 Å². The minimum atomic E-state index is 0.513. The Morgan fingerprint density at radius 3 is 2.46 bits per heavy atom. The predicted molar refractivity (Wildman–Crippen MR) is 111 cm³/mol. The highest BCUT2D eigenvalue weighted by molar-refractivity contribution is 5.79. The molecule has 0 unspecified atom stereocenters. The SMILES string of the molecule is C=Cc1c(-c2ccc(CN(C)Cc3ccccc3C)cc2)ccnc1N. The van der Waals surface area contributed by atoms with E-state index in [9.17, 15) is 0 Å². The molecule has 2 N–H and O–H groups in total. The molecule has 0 amide bonds. The van der Waals surface area contributed by atoms with Crippen molar-refractivity contribution in [2.45, 2.75) is 20.0 Å². The van der Waals surface area contributed by atoms with Gasteiger partial charge in [-0.3, -0.25) is 4.90 Å². The van der Waals surface area contributed by atoms with Gasteiger partial charge in [0.25, 0.3) is 0 Å². The Labute approximate surface area is 155 Å². The van der Waals surface area contributed by atoms with E-state index in [0.29, 0.717) is 5.82 Å². The van der Waals surface area contributed by atoms with Gasteiger partial charge in [-0.2, -0.15) is 0 Å². The predicted octanol–water partition coefficient (Wildman–Crippen LogP) is 4.91. The van der Waals surface area contributed by atoms with Crippen LogP contribution in [0.15, 0.2) is 67.4 Å². The van der Waals surface area contributed by atoms with Crippen LogP contribution in [0.4, 0.5) is 5.82 Å². The number of nitrogens with two attached hydrogens (primary N) is 1. The lowest BCUT2D eigenvalue weighted by molar-refractivity contribution is 0.318. The molecule has 3 nitrogen and oxygen atoms in total. The lowest BCUT2D eigenvalue weighted by Gasteiger charge is -2.18. The molecule has 0 aliphatic rings. The number of hydrogen-bond donors (Lipinski definition) is 1. The van der Waals surface area contributed by atoms with Gasteiger partial charge in [-0.05, 0) is 47.9 Å². The van der Waals surface area contributed by atoms with Gasteiger partial charge in [-0.25, -0.2) is 4.98 Å². The summed E-state index contributed by atoms with van der Waals surface area (Å²) in [5.74, 6) is 0.513. The molecule has 2 aromatic carbocycles. The highest BCUT2D eigenvalue weighted by Gasteiger charge is 2.08. The highest BCUT2D eigenvalue weighted by Crippen LogP contribution is 2.27. The molecule has 3 heteroatoms. The van der Waals surface area contributed by atoms with Crippen LogP contribution in [0, 0.1) is 6.92 Å². The molecule has 3 rings (SSSR count). The fourth-order valence-corrected chi connectivity index (χ4v) is 3.19. The molecular weight excluding hydrogens is 318 g/mol. The number of anilines is 1. The van der Waals surface area contributed by atoms with E-state index < -0.39 is 0 Å². The minimum Gasteiger partial charge on any atom is -0.383 e. The molecule has 1 aromatic heterocycles. The van der Waals surface area contributed by atoms with E-state index in [2.05, 4.69) is 79.0 Å². The fraction of sp³-hybridized carbons (Fsp3) is 0.174. The Morgan fingerprint density at radius 2 is 1.77 bits per heavy atom. The van der Waals surface area contributed by atoms with Crippen LogP contribution in [0.1, 0.15) is 22.3 Å². The molecule has 132 valence electrons. The van der Waals surface area contributed by atoms with Crippen molar-refractivity contribution in [1.82, 2.24) is 9.88 Å². The minimum absolute atomic E-state index is 0.513. The molecule has 3 aromatic rings. The molecule has 0 saturated heterocycles. The number of hydrogen-bond acceptors (Lipinski definition) is 3. The summed E-state index contributed by atoms with van der Waals surface area (Å²) in [6.45, 7) is 7.86. The Hall–Kier alpha value is -2.91. The molecule has 0 aliphatic heterocycles. The van der Waals surface area contributed by atoms with Crippen molar-refractivity contribution in [2.24, 2.45) is 0 Å². The second kappa shape index (κ2) is 7.98. The monoisotopic (exact) mass is 343 g/mol. The lowest BCUT2D eigenvalue weighted by atomic mass is 9.99. The van der Waals surface area contributed by atoms with Crippen LogP contribution in [0.3, 0.4) is 0 Å². The molecule has 0 saturated carbocycles. The van der Waals surface area contributed by atoms with Gasteiger partial charge in [-0.1, -0.05) is 61.2 Å². The van der Waals surface area contributed by atoms with Gasteiger partial charge >= 0.3 is 0 Å². The zero-order valence-electron chi connectivity index (χ0n) is 15.4. The summed E-state index contributed by atoms with van der Waals surface area (Å²) < 4.78 is 0. The first kappa shape index (κ1) is 17.9. The van der Waals surface area contributed by atoms with Crippen LogP contribution in [0.2, 0.25) is 0 Å². The summed E-state index contributed by atoms with van der Waals surface area (Å²) in [5.41, 5.74) is 13.0. The smallest absolute Gasteiger partial charge is 0.131 e. The first-order valence-corrected chi connectivity index (χ1v) is 8.77. The summed E-state index contributed by atoms with van der Waals surface area (Å²) >= 11 is 0. The van der Waals surface area contributed by atoms with E-state index in [-0.39, 0.29) is 0 Å². The van der Waals surface area contributed by atoms with Crippen molar-refractivity contribution in [3.63, 3.8) is 0 Å². The van der Waals surface area contributed by atoms with Crippen molar-refractivity contribution >= 4 is 11.9 Å². The van der Waals surface area contributed by atoms with Gasteiger partial charge in [-0.15, -0.1) is 0 Å². The molecule has 0 spiro atoms. The summed E-state index contributed by atoms with van der Waals surface area (Å²) in [6.07, 6.45) is 3.50. The van der Waals surface area contributed by atoms with Crippen LogP contribution in [-0.4, -0.2) is 16.9 Å². The third-order valence-electron chi connectivity index (χ3n) is 4.64. The van der Waals surface area contributed by atoms with Gasteiger partial charge in [0, 0.05) is 24.8 Å². The normalized spacial score (nSPS) is 10.9. The average molecular weight is 343 g/mol. The summed E-state index contributed by atoms with van der Waals surface area (Å²) in [4.78, 5) is 6.47. The fourth-order valence-electron chi connectivity index (χ4n) is 3.19. The van der Waals surface area contributed by atoms with Crippen LogP contribution in [0.25, 0.3) is 17.2 Å². The molecule has 0 atom stereocenters. The van der Waals surface area contributed by atoms with Crippen molar-refractivity contribution in [2.75, 3.05) is 12.8 Å². The Balaban J connectivity index is 1.73. The lowest BCUT2D eigenvalue weighted by Crippen LogP contribution is -2.17. The van der Waals surface area contributed by atoms with Crippen molar-refractivity contribution in [1.29, 1.82) is 0 Å². The third-order valence-corrected chi connectivity index (χ3v) is 4.64. The zero-order valence-corrected chi connectivity index (χ0v) is 15.4. The number of aromatic nitrogens is 1. The molecule has 0 fully saturated rings. The maximum atomic E-state index is 5.96. The van der Waals surface area contributed by atoms with E-state index in [1.807, 2.05) is 6.07 Å². The number of pyridine rings is 1. The van der Waals surface area contributed by atoms with Gasteiger partial charge < -0.3 is 5.73 Å². The van der Waals surface area contributed by atoms with Crippen molar-refractivity contribution in [3.05, 3.63) is 89.6 Å². The summed E-state index contributed by atoms with van der Waals surface area (Å²) in [5, 5.41) is 0. The van der Waals surface area contributed by atoms with Crippen LogP contribution in [-0.2, 0) is 13.1 Å². The molecular formula is C23H25N3. The van der Waals surface area contributed by atoms with Gasteiger partial charge in [0.2, 0.25) is 0 Å². The maximum Gasteiger partial charge on any atom is 0.131 e. The van der Waals surface area contributed by atoms with Gasteiger partial charge in [0.15, 0.2) is 0 Å². The molecule has 0 aliphatic carbocycles. The molecule has 0 radical (unpaired) electrons. The second-order valence-electron chi connectivity index (χ2n) is 6.66. The zero-order chi connectivity index (χ0) is 18.5. The Morgan fingerprint density at radius 1 is 1.04 bits per heavy atom. The maximum absolute atomic E-state index is 5.96. The van der Waals surface area contributed by atoms with E-state index in [1.165, 1.54) is 16.7 Å². The average Bonchev–Trinajstić information content (AvgIpc) is 2.64. The number of nitrogens with zero attached hydrogens (tertiary/aromatic N) is 2. The number of benzene rings is 2. The number of aryl methyl sites for hydroxylation is 1. The van der Waals surface area contributed by atoms with Crippen LogP contribution >= 0.6 is 0 Å². The molecule has 1 heterocycles. The van der Waals surface area contributed by atoms with Gasteiger partial charge in [0.05, 0.1) is 0 Å². The van der Waals surface area contributed by atoms with E-state index >= 15 is 0 Å². The van der Waals surface area contributed by atoms with Crippen molar-refractivity contribution in [3.8, 4) is 11.1 Å². The first-order chi connectivity index (χ1) is 12.6. The summed E-state index contributed by atoms with van der Waals surface area (Å²) in [6, 6.07) is 19.1. The van der Waals surface area contributed by atoms with Crippen LogP contribution < -0.4 is 5.73 Å². The van der Waals surface area contributed by atoms with E-state index in [4.69, 9.17) is 5.73 Å². The number of nitrogen functional groups attached to an aromatic ring is 1. The Kier molecular flexibility index (Phi) is 5.49. The van der Waals surface area contributed by atoms with E-state index in [1.54, 1.807) is 12.3 Å². The first-order valence-electron chi connectivity index (χ1n) is 8.77. The summed E-state index contributed by atoms with van der Waals surface area (Å²) in [7, 11) is 2.15. The van der Waals surface area contributed by atoms with Crippen molar-refractivity contribution < 1.29 is 0 Å². The second-order valence-corrected chi connectivity index (χ2v) is 6.66. The van der Waals surface area contributed by atoms with Crippen LogP contribution in [0.5, 0.6) is 0 Å². The quantitative estimate of drug-likeness (QED) is 0.691. The van der Waals surface area contributed by atoms with Gasteiger partial charge in [0.1, 0.15) is 5.82 Å². The third kappa shape index (κ3) is 4.01. The van der Waals surface area contributed by atoms with E-state index in [0.717, 1.165) is 29.8 Å². The molecule has 26 heavy (non-hydrogen) atoms. The number of rotatable bonds is 6. The largest absolute Gasteiger partial charge is 0.383 e.